The van der Waals surface area contributed by atoms with Gasteiger partial charge in [0.25, 0.3) is 0 Å². The predicted molar refractivity (Wildman–Crippen MR) is 85.5 cm³/mol. The molecule has 2 aromatic rings. The van der Waals surface area contributed by atoms with E-state index in [-0.39, 0.29) is 22.3 Å². The topological polar surface area (TPSA) is 37.8 Å². The first-order valence-corrected chi connectivity index (χ1v) is 7.92. The molecule has 1 unspecified atom stereocenters. The molecular formula is C15H19ClFN3S. The summed E-state index contributed by atoms with van der Waals surface area (Å²) in [4.78, 5) is 1.05. The maximum atomic E-state index is 14.1. The molecule has 114 valence electrons. The highest BCUT2D eigenvalue weighted by Gasteiger charge is 2.27. The Balaban J connectivity index is 2.33. The highest BCUT2D eigenvalue weighted by molar-refractivity contribution is 7.05. The Hall–Kier alpha value is -1.04. The van der Waals surface area contributed by atoms with Crippen molar-refractivity contribution >= 4 is 23.1 Å². The number of hydrogen-bond donors (Lipinski definition) is 1. The number of nitrogens with zero attached hydrogens (tertiary/aromatic N) is 2. The predicted octanol–water partition coefficient (Wildman–Crippen LogP) is 4.13. The van der Waals surface area contributed by atoms with Gasteiger partial charge in [0.15, 0.2) is 0 Å². The number of aromatic nitrogens is 2. The molecule has 0 aliphatic rings. The fraction of sp³-hybridized carbons (Fsp3) is 0.467. The minimum absolute atomic E-state index is 0.0350. The summed E-state index contributed by atoms with van der Waals surface area (Å²) < 4.78 is 18.2. The van der Waals surface area contributed by atoms with Gasteiger partial charge in [-0.1, -0.05) is 49.0 Å². The second-order valence-electron chi connectivity index (χ2n) is 5.99. The molecule has 0 radical (unpaired) electrons. The monoisotopic (exact) mass is 327 g/mol. The van der Waals surface area contributed by atoms with Crippen molar-refractivity contribution < 1.29 is 4.39 Å². The van der Waals surface area contributed by atoms with Crippen molar-refractivity contribution in [1.82, 2.24) is 14.9 Å². The van der Waals surface area contributed by atoms with E-state index in [1.165, 1.54) is 11.5 Å². The van der Waals surface area contributed by atoms with Gasteiger partial charge in [-0.3, -0.25) is 0 Å². The molecule has 0 amide bonds. The Morgan fingerprint density at radius 1 is 1.38 bits per heavy atom. The van der Waals surface area contributed by atoms with Gasteiger partial charge in [-0.25, -0.2) is 4.39 Å². The summed E-state index contributed by atoms with van der Waals surface area (Å²) in [6.07, 6.45) is 0.510. The van der Waals surface area contributed by atoms with Crippen molar-refractivity contribution in [3.8, 4) is 0 Å². The van der Waals surface area contributed by atoms with Crippen molar-refractivity contribution in [1.29, 1.82) is 0 Å². The lowest BCUT2D eigenvalue weighted by molar-refractivity contribution is 0.522. The van der Waals surface area contributed by atoms with Gasteiger partial charge in [-0.15, -0.1) is 5.10 Å². The molecule has 1 atom stereocenters. The van der Waals surface area contributed by atoms with Crippen LogP contribution in [0.3, 0.4) is 0 Å². The number of likely N-dealkylation sites (N-methyl/N-ethyl adjacent to an activating group) is 1. The van der Waals surface area contributed by atoms with Gasteiger partial charge >= 0.3 is 0 Å². The standard InChI is InChI=1S/C15H19ClFN3S/c1-15(2,3)14-13(21-20-19-14)11(18-4)8-9-6-5-7-10(16)12(9)17/h5-7,11,18H,8H2,1-4H3. The number of nitrogens with one attached hydrogen (secondary N) is 1. The van der Waals surface area contributed by atoms with Crippen molar-refractivity contribution in [3.05, 3.63) is 45.2 Å². The molecule has 0 saturated heterocycles. The molecular weight excluding hydrogens is 309 g/mol. The van der Waals surface area contributed by atoms with E-state index in [0.29, 0.717) is 12.0 Å². The molecule has 0 saturated carbocycles. The lowest BCUT2D eigenvalue weighted by Crippen LogP contribution is -2.23. The third-order valence-electron chi connectivity index (χ3n) is 3.34. The highest BCUT2D eigenvalue weighted by atomic mass is 35.5. The Morgan fingerprint density at radius 3 is 2.71 bits per heavy atom. The second kappa shape index (κ2) is 6.38. The van der Waals surface area contributed by atoms with Crippen LogP contribution in [0.4, 0.5) is 4.39 Å². The molecule has 0 fully saturated rings. The Kier molecular flexibility index (Phi) is 4.96. The zero-order valence-electron chi connectivity index (χ0n) is 12.6. The molecule has 0 aliphatic heterocycles. The van der Waals surface area contributed by atoms with Crippen LogP contribution in [0, 0.1) is 5.82 Å². The van der Waals surface area contributed by atoms with E-state index >= 15 is 0 Å². The largest absolute Gasteiger partial charge is 0.312 e. The maximum absolute atomic E-state index is 14.1. The summed E-state index contributed by atoms with van der Waals surface area (Å²) >= 11 is 7.21. The van der Waals surface area contributed by atoms with Crippen LogP contribution in [-0.2, 0) is 11.8 Å². The van der Waals surface area contributed by atoms with Crippen molar-refractivity contribution in [2.45, 2.75) is 38.6 Å². The SMILES string of the molecule is CNC(Cc1cccc(Cl)c1F)c1snnc1C(C)(C)C. The molecule has 1 aromatic carbocycles. The molecule has 1 heterocycles. The molecule has 21 heavy (non-hydrogen) atoms. The third kappa shape index (κ3) is 3.59. The van der Waals surface area contributed by atoms with E-state index in [1.54, 1.807) is 18.2 Å². The summed E-state index contributed by atoms with van der Waals surface area (Å²) in [5.41, 5.74) is 1.45. The Labute approximate surface area is 133 Å². The lowest BCUT2D eigenvalue weighted by Gasteiger charge is -2.21. The average molecular weight is 328 g/mol. The third-order valence-corrected chi connectivity index (χ3v) is 4.47. The first kappa shape index (κ1) is 16.3. The first-order chi connectivity index (χ1) is 9.84. The van der Waals surface area contributed by atoms with Crippen LogP contribution in [-0.4, -0.2) is 16.6 Å². The molecule has 0 spiro atoms. The van der Waals surface area contributed by atoms with Crippen LogP contribution in [0.5, 0.6) is 0 Å². The highest BCUT2D eigenvalue weighted by Crippen LogP contribution is 2.32. The molecule has 1 N–H and O–H groups in total. The second-order valence-corrected chi connectivity index (χ2v) is 7.19. The zero-order valence-corrected chi connectivity index (χ0v) is 14.1. The minimum atomic E-state index is -0.353. The van der Waals surface area contributed by atoms with E-state index in [1.807, 2.05) is 7.05 Å². The van der Waals surface area contributed by atoms with Gasteiger partial charge in [0.2, 0.25) is 0 Å². The molecule has 3 nitrogen and oxygen atoms in total. The maximum Gasteiger partial charge on any atom is 0.145 e. The van der Waals surface area contributed by atoms with Crippen molar-refractivity contribution in [2.75, 3.05) is 7.05 Å². The van der Waals surface area contributed by atoms with Crippen LogP contribution in [0.2, 0.25) is 5.02 Å². The van der Waals surface area contributed by atoms with Gasteiger partial charge in [0, 0.05) is 11.5 Å². The van der Waals surface area contributed by atoms with Crippen LogP contribution in [0.1, 0.15) is 42.9 Å². The first-order valence-electron chi connectivity index (χ1n) is 6.77. The zero-order chi connectivity index (χ0) is 15.6. The minimum Gasteiger partial charge on any atom is -0.312 e. The van der Waals surface area contributed by atoms with Crippen LogP contribution < -0.4 is 5.32 Å². The Morgan fingerprint density at radius 2 is 2.10 bits per heavy atom. The molecule has 6 heteroatoms. The van der Waals surface area contributed by atoms with E-state index in [9.17, 15) is 4.39 Å². The number of rotatable bonds is 4. The summed E-state index contributed by atoms with van der Waals surface area (Å²) in [6.45, 7) is 6.29. The fourth-order valence-electron chi connectivity index (χ4n) is 2.20. The van der Waals surface area contributed by atoms with Gasteiger partial charge in [-0.05, 0) is 36.6 Å². The van der Waals surface area contributed by atoms with Gasteiger partial charge in [0.1, 0.15) is 5.82 Å². The van der Waals surface area contributed by atoms with Gasteiger partial charge in [-0.2, -0.15) is 0 Å². The van der Waals surface area contributed by atoms with Crippen LogP contribution >= 0.6 is 23.1 Å². The van der Waals surface area contributed by atoms with Gasteiger partial charge in [0.05, 0.1) is 15.6 Å². The van der Waals surface area contributed by atoms with Crippen molar-refractivity contribution in [3.63, 3.8) is 0 Å². The molecule has 0 bridgehead atoms. The smallest absolute Gasteiger partial charge is 0.145 e. The normalized spacial score (nSPS) is 13.4. The molecule has 2 rings (SSSR count). The fourth-order valence-corrected chi connectivity index (χ4v) is 3.36. The quantitative estimate of drug-likeness (QED) is 0.917. The Bertz CT molecular complexity index is 622. The summed E-state index contributed by atoms with van der Waals surface area (Å²) in [5.74, 6) is -0.353. The van der Waals surface area contributed by atoms with E-state index in [4.69, 9.17) is 11.6 Å². The van der Waals surface area contributed by atoms with Crippen molar-refractivity contribution in [2.24, 2.45) is 0 Å². The number of benzene rings is 1. The molecule has 1 aromatic heterocycles. The summed E-state index contributed by atoms with van der Waals surface area (Å²) in [7, 11) is 1.86. The summed E-state index contributed by atoms with van der Waals surface area (Å²) in [5, 5.41) is 7.63. The van der Waals surface area contributed by atoms with Crippen LogP contribution in [0.25, 0.3) is 0 Å². The summed E-state index contributed by atoms with van der Waals surface area (Å²) in [6, 6.07) is 5.05. The van der Waals surface area contributed by atoms with E-state index in [2.05, 4.69) is 35.7 Å². The lowest BCUT2D eigenvalue weighted by atomic mass is 9.89. The van der Waals surface area contributed by atoms with E-state index < -0.39 is 0 Å². The van der Waals surface area contributed by atoms with E-state index in [0.717, 1.165) is 10.6 Å². The van der Waals surface area contributed by atoms with Gasteiger partial charge < -0.3 is 5.32 Å². The average Bonchev–Trinajstić information content (AvgIpc) is 2.89. The number of hydrogen-bond acceptors (Lipinski definition) is 4. The number of halogens is 2. The molecule has 0 aliphatic carbocycles. The van der Waals surface area contributed by atoms with Crippen LogP contribution in [0.15, 0.2) is 18.2 Å².